The van der Waals surface area contributed by atoms with E-state index in [0.717, 1.165) is 40.8 Å². The van der Waals surface area contributed by atoms with Gasteiger partial charge in [-0.3, -0.25) is 0 Å². The van der Waals surface area contributed by atoms with E-state index >= 15 is 0 Å². The van der Waals surface area contributed by atoms with Gasteiger partial charge in [0, 0.05) is 13.1 Å². The minimum absolute atomic E-state index is 0.220. The smallest absolute Gasteiger partial charge is 0.175 e. The van der Waals surface area contributed by atoms with E-state index in [2.05, 4.69) is 28.2 Å². The van der Waals surface area contributed by atoms with Crippen LogP contribution in [0.3, 0.4) is 0 Å². The molecule has 1 aromatic carbocycles. The quantitative estimate of drug-likeness (QED) is 0.712. The average molecular weight is 358 g/mol. The predicted molar refractivity (Wildman–Crippen MR) is 86.9 cm³/mol. The van der Waals surface area contributed by atoms with Crippen molar-refractivity contribution in [1.29, 1.82) is 0 Å². The summed E-state index contributed by atoms with van der Waals surface area (Å²) < 4.78 is 12.0. The van der Waals surface area contributed by atoms with Crippen LogP contribution in [0, 0.1) is 5.92 Å². The molecule has 0 spiro atoms. The lowest BCUT2D eigenvalue weighted by molar-refractivity contribution is 0.148. The first-order chi connectivity index (χ1) is 10.2. The Labute approximate surface area is 135 Å². The zero-order valence-corrected chi connectivity index (χ0v) is 14.3. The maximum absolute atomic E-state index is 9.85. The van der Waals surface area contributed by atoms with Gasteiger partial charge in [-0.2, -0.15) is 0 Å². The Morgan fingerprint density at radius 2 is 2.19 bits per heavy atom. The van der Waals surface area contributed by atoms with Crippen molar-refractivity contribution in [2.24, 2.45) is 5.92 Å². The normalized spacial score (nSPS) is 15.8. The van der Waals surface area contributed by atoms with Crippen LogP contribution in [0.1, 0.15) is 31.7 Å². The highest BCUT2D eigenvalue weighted by Gasteiger charge is 2.29. The Kier molecular flexibility index (Phi) is 6.33. The Morgan fingerprint density at radius 3 is 2.81 bits per heavy atom. The number of ether oxygens (including phenoxy) is 2. The summed E-state index contributed by atoms with van der Waals surface area (Å²) in [4.78, 5) is 0. The number of hydrogen-bond donors (Lipinski definition) is 2. The van der Waals surface area contributed by atoms with Crippen molar-refractivity contribution in [3.63, 3.8) is 0 Å². The maximum atomic E-state index is 9.85. The fourth-order valence-electron chi connectivity index (χ4n) is 2.23. The standard InChI is InChI=1S/C16H24BrNO3/c1-3-6-21-16-13(17)7-11(8-15(16)20-2)9-18-10-14(19)12-4-5-12/h7-8,12,14,18-19H,3-6,9-10H2,1-2H3. The molecule has 0 amide bonds. The minimum atomic E-state index is -0.220. The third-order valence-electron chi connectivity index (χ3n) is 3.59. The molecule has 1 unspecified atom stereocenters. The van der Waals surface area contributed by atoms with Crippen molar-refractivity contribution in [1.82, 2.24) is 5.32 Å². The highest BCUT2D eigenvalue weighted by Crippen LogP contribution is 2.37. The number of aliphatic hydroxyl groups is 1. The van der Waals surface area contributed by atoms with Gasteiger partial charge in [0.25, 0.3) is 0 Å². The molecule has 1 aliphatic carbocycles. The number of methoxy groups -OCH3 is 1. The molecule has 1 saturated carbocycles. The molecule has 21 heavy (non-hydrogen) atoms. The van der Waals surface area contributed by atoms with Gasteiger partial charge in [-0.1, -0.05) is 6.92 Å². The number of halogens is 1. The van der Waals surface area contributed by atoms with Gasteiger partial charge in [0.2, 0.25) is 0 Å². The average Bonchev–Trinajstić information content (AvgIpc) is 3.30. The highest BCUT2D eigenvalue weighted by molar-refractivity contribution is 9.10. The predicted octanol–water partition coefficient (Wildman–Crippen LogP) is 3.11. The van der Waals surface area contributed by atoms with Gasteiger partial charge in [0.1, 0.15) is 0 Å². The molecular formula is C16H24BrNO3. The largest absolute Gasteiger partial charge is 0.493 e. The molecular weight excluding hydrogens is 334 g/mol. The molecule has 4 nitrogen and oxygen atoms in total. The maximum Gasteiger partial charge on any atom is 0.175 e. The number of hydrogen-bond acceptors (Lipinski definition) is 4. The molecule has 5 heteroatoms. The fourth-order valence-corrected chi connectivity index (χ4v) is 2.84. The number of benzene rings is 1. The van der Waals surface area contributed by atoms with E-state index in [4.69, 9.17) is 9.47 Å². The van der Waals surface area contributed by atoms with Crippen LogP contribution in [0.25, 0.3) is 0 Å². The summed E-state index contributed by atoms with van der Waals surface area (Å²) in [7, 11) is 1.65. The second kappa shape index (κ2) is 8.01. The van der Waals surface area contributed by atoms with Gasteiger partial charge in [-0.25, -0.2) is 0 Å². The first kappa shape index (κ1) is 16.6. The van der Waals surface area contributed by atoms with E-state index in [1.807, 2.05) is 12.1 Å². The van der Waals surface area contributed by atoms with Gasteiger partial charge >= 0.3 is 0 Å². The monoisotopic (exact) mass is 357 g/mol. The molecule has 0 bridgehead atoms. The zero-order chi connectivity index (χ0) is 15.2. The summed E-state index contributed by atoms with van der Waals surface area (Å²) in [6.45, 7) is 4.08. The van der Waals surface area contributed by atoms with Crippen molar-refractivity contribution in [3.8, 4) is 11.5 Å². The van der Waals surface area contributed by atoms with E-state index in [0.29, 0.717) is 25.6 Å². The number of rotatable bonds is 9. The van der Waals surface area contributed by atoms with Crippen molar-refractivity contribution in [2.45, 2.75) is 38.8 Å². The van der Waals surface area contributed by atoms with Crippen LogP contribution in [0.5, 0.6) is 11.5 Å². The summed E-state index contributed by atoms with van der Waals surface area (Å²) in [6.07, 6.45) is 3.05. The van der Waals surface area contributed by atoms with Crippen LogP contribution in [0.15, 0.2) is 16.6 Å². The van der Waals surface area contributed by atoms with Crippen molar-refractivity contribution in [3.05, 3.63) is 22.2 Å². The van der Waals surface area contributed by atoms with E-state index in [-0.39, 0.29) is 6.10 Å². The topological polar surface area (TPSA) is 50.7 Å². The molecule has 2 N–H and O–H groups in total. The van der Waals surface area contributed by atoms with Crippen LogP contribution < -0.4 is 14.8 Å². The molecule has 1 aliphatic rings. The summed E-state index contributed by atoms with van der Waals surface area (Å²) in [6, 6.07) is 4.01. The lowest BCUT2D eigenvalue weighted by Gasteiger charge is -2.15. The highest BCUT2D eigenvalue weighted by atomic mass is 79.9. The molecule has 2 rings (SSSR count). The summed E-state index contributed by atoms with van der Waals surface area (Å²) >= 11 is 3.54. The van der Waals surface area contributed by atoms with E-state index in [9.17, 15) is 5.11 Å². The Balaban J connectivity index is 1.94. The zero-order valence-electron chi connectivity index (χ0n) is 12.7. The Bertz CT molecular complexity index is 463. The van der Waals surface area contributed by atoms with E-state index in [1.165, 1.54) is 0 Å². The molecule has 0 radical (unpaired) electrons. The fraction of sp³-hybridized carbons (Fsp3) is 0.625. The van der Waals surface area contributed by atoms with Crippen LogP contribution in [0.4, 0.5) is 0 Å². The number of nitrogens with one attached hydrogen (secondary N) is 1. The second-order valence-corrected chi connectivity index (χ2v) is 6.35. The SMILES string of the molecule is CCCOc1c(Br)cc(CNCC(O)C2CC2)cc1OC. The molecule has 0 aromatic heterocycles. The van der Waals surface area contributed by atoms with E-state index in [1.54, 1.807) is 7.11 Å². The van der Waals surface area contributed by atoms with Gasteiger partial charge in [0.15, 0.2) is 11.5 Å². The summed E-state index contributed by atoms with van der Waals surface area (Å²) in [5.74, 6) is 1.99. The van der Waals surface area contributed by atoms with Crippen LogP contribution in [0.2, 0.25) is 0 Å². The minimum Gasteiger partial charge on any atom is -0.493 e. The van der Waals surface area contributed by atoms with Gasteiger partial charge in [-0.15, -0.1) is 0 Å². The molecule has 1 aromatic rings. The van der Waals surface area contributed by atoms with E-state index < -0.39 is 0 Å². The molecule has 118 valence electrons. The molecule has 0 saturated heterocycles. The van der Waals surface area contributed by atoms with Crippen molar-refractivity contribution >= 4 is 15.9 Å². The lowest BCUT2D eigenvalue weighted by atomic mass is 10.2. The second-order valence-electron chi connectivity index (χ2n) is 5.49. The molecule has 1 atom stereocenters. The van der Waals surface area contributed by atoms with Crippen LogP contribution in [-0.2, 0) is 6.54 Å². The summed E-state index contributed by atoms with van der Waals surface area (Å²) in [5, 5.41) is 13.1. The molecule has 1 fully saturated rings. The molecule has 0 heterocycles. The first-order valence-electron chi connectivity index (χ1n) is 7.53. The van der Waals surface area contributed by atoms with Gasteiger partial charge in [0.05, 0.1) is 24.3 Å². The van der Waals surface area contributed by atoms with Gasteiger partial charge in [-0.05, 0) is 58.8 Å². The van der Waals surface area contributed by atoms with Crippen LogP contribution >= 0.6 is 15.9 Å². The third-order valence-corrected chi connectivity index (χ3v) is 4.18. The summed E-state index contributed by atoms with van der Waals surface area (Å²) in [5.41, 5.74) is 1.10. The van der Waals surface area contributed by atoms with Crippen molar-refractivity contribution in [2.75, 3.05) is 20.3 Å². The lowest BCUT2D eigenvalue weighted by Crippen LogP contribution is -2.27. The van der Waals surface area contributed by atoms with Crippen molar-refractivity contribution < 1.29 is 14.6 Å². The van der Waals surface area contributed by atoms with Crippen LogP contribution in [-0.4, -0.2) is 31.5 Å². The first-order valence-corrected chi connectivity index (χ1v) is 8.33. The Morgan fingerprint density at radius 1 is 1.43 bits per heavy atom. The third kappa shape index (κ3) is 4.87. The number of aliphatic hydroxyl groups excluding tert-OH is 1. The molecule has 0 aliphatic heterocycles. The van der Waals surface area contributed by atoms with Gasteiger partial charge < -0.3 is 19.9 Å². The Hall–Kier alpha value is -0.780.